The van der Waals surface area contributed by atoms with Gasteiger partial charge in [0.2, 0.25) is 0 Å². The van der Waals surface area contributed by atoms with Crippen LogP contribution in [-0.2, 0) is 16.9 Å². The summed E-state index contributed by atoms with van der Waals surface area (Å²) in [6.45, 7) is 2.35. The van der Waals surface area contributed by atoms with E-state index in [9.17, 15) is 9.90 Å². The minimum absolute atomic E-state index is 0.249. The summed E-state index contributed by atoms with van der Waals surface area (Å²) in [7, 11) is 3.17. The maximum Gasteiger partial charge on any atom is 0.412 e. The topological polar surface area (TPSA) is 68.2 Å². The molecule has 26 heavy (non-hydrogen) atoms. The molecule has 1 N–H and O–H groups in total. The molecule has 0 fully saturated rings. The number of hydrogen-bond acceptors (Lipinski definition) is 5. The van der Waals surface area contributed by atoms with Crippen LogP contribution in [0.4, 0.5) is 4.79 Å². The SMILES string of the molecule is CCOC(=O)N1CCc2cc(OC)c(OC)c3c2C1(O)c1ccccc1-3. The van der Waals surface area contributed by atoms with Crippen molar-refractivity contribution in [3.8, 4) is 22.6 Å². The molecule has 136 valence electrons. The fraction of sp³-hybridized carbons (Fsp3) is 0.350. The lowest BCUT2D eigenvalue weighted by Crippen LogP contribution is -2.53. The number of methoxy groups -OCH3 is 2. The van der Waals surface area contributed by atoms with Crippen molar-refractivity contribution >= 4 is 6.09 Å². The molecule has 0 saturated carbocycles. The number of rotatable bonds is 3. The first kappa shape index (κ1) is 16.7. The monoisotopic (exact) mass is 355 g/mol. The van der Waals surface area contributed by atoms with Crippen molar-refractivity contribution in [2.45, 2.75) is 19.1 Å². The predicted octanol–water partition coefficient (Wildman–Crippen LogP) is 2.89. The lowest BCUT2D eigenvalue weighted by Gasteiger charge is -2.42. The van der Waals surface area contributed by atoms with Crippen molar-refractivity contribution < 1.29 is 24.1 Å². The van der Waals surface area contributed by atoms with Gasteiger partial charge in [-0.25, -0.2) is 4.79 Å². The van der Waals surface area contributed by atoms with E-state index in [1.807, 2.05) is 30.3 Å². The van der Waals surface area contributed by atoms with Crippen LogP contribution in [0.25, 0.3) is 11.1 Å². The number of carbonyl (C=O) groups excluding carboxylic acids is 1. The molecular formula is C20H21NO5. The van der Waals surface area contributed by atoms with Gasteiger partial charge in [0, 0.05) is 23.2 Å². The Morgan fingerprint density at radius 1 is 1.27 bits per heavy atom. The lowest BCUT2D eigenvalue weighted by atomic mass is 9.88. The molecule has 1 heterocycles. The van der Waals surface area contributed by atoms with E-state index >= 15 is 0 Å². The Kier molecular flexibility index (Phi) is 3.80. The number of fused-ring (bicyclic) bond motifs is 3. The zero-order chi connectivity index (χ0) is 18.5. The van der Waals surface area contributed by atoms with E-state index in [1.54, 1.807) is 21.1 Å². The van der Waals surface area contributed by atoms with Gasteiger partial charge < -0.3 is 19.3 Å². The van der Waals surface area contributed by atoms with Crippen LogP contribution in [0.5, 0.6) is 11.5 Å². The number of carbonyl (C=O) groups is 1. The van der Waals surface area contributed by atoms with Gasteiger partial charge in [-0.1, -0.05) is 24.3 Å². The highest BCUT2D eigenvalue weighted by Crippen LogP contribution is 2.57. The molecule has 0 radical (unpaired) electrons. The molecule has 0 aromatic heterocycles. The minimum Gasteiger partial charge on any atom is -0.493 e. The van der Waals surface area contributed by atoms with E-state index in [0.717, 1.165) is 16.7 Å². The zero-order valence-electron chi connectivity index (χ0n) is 15.0. The van der Waals surface area contributed by atoms with E-state index in [2.05, 4.69) is 0 Å². The minimum atomic E-state index is -1.58. The maximum atomic E-state index is 12.6. The summed E-state index contributed by atoms with van der Waals surface area (Å²) in [5.41, 5.74) is 2.29. The van der Waals surface area contributed by atoms with E-state index in [1.165, 1.54) is 4.90 Å². The summed E-state index contributed by atoms with van der Waals surface area (Å²) in [6, 6.07) is 9.40. The predicted molar refractivity (Wildman–Crippen MR) is 95.4 cm³/mol. The van der Waals surface area contributed by atoms with Crippen molar-refractivity contribution in [3.05, 3.63) is 47.0 Å². The molecule has 0 spiro atoms. The normalized spacial score (nSPS) is 19.6. The third kappa shape index (κ3) is 1.99. The van der Waals surface area contributed by atoms with E-state index in [-0.39, 0.29) is 6.61 Å². The van der Waals surface area contributed by atoms with Gasteiger partial charge in [-0.05, 0) is 30.5 Å². The summed E-state index contributed by atoms with van der Waals surface area (Å²) in [4.78, 5) is 14.0. The molecule has 6 nitrogen and oxygen atoms in total. The molecule has 1 aliphatic carbocycles. The van der Waals surface area contributed by atoms with Crippen LogP contribution in [0.2, 0.25) is 0 Å². The molecule has 2 aromatic carbocycles. The van der Waals surface area contributed by atoms with Gasteiger partial charge in [0.15, 0.2) is 17.2 Å². The second-order valence-corrected chi connectivity index (χ2v) is 6.34. The van der Waals surface area contributed by atoms with Crippen molar-refractivity contribution in [2.75, 3.05) is 27.4 Å². The molecule has 6 heteroatoms. The van der Waals surface area contributed by atoms with Crippen LogP contribution in [0.1, 0.15) is 23.6 Å². The number of benzene rings is 2. The first-order valence-corrected chi connectivity index (χ1v) is 8.62. The molecule has 1 unspecified atom stereocenters. The van der Waals surface area contributed by atoms with Gasteiger partial charge in [-0.2, -0.15) is 0 Å². The van der Waals surface area contributed by atoms with Crippen LogP contribution < -0.4 is 9.47 Å². The summed E-state index contributed by atoms with van der Waals surface area (Å²) < 4.78 is 16.3. The van der Waals surface area contributed by atoms with E-state index in [4.69, 9.17) is 14.2 Å². The van der Waals surface area contributed by atoms with E-state index in [0.29, 0.717) is 35.6 Å². The highest BCUT2D eigenvalue weighted by atomic mass is 16.6. The van der Waals surface area contributed by atoms with Gasteiger partial charge in [0.1, 0.15) is 0 Å². The van der Waals surface area contributed by atoms with Crippen LogP contribution in [0.15, 0.2) is 30.3 Å². The van der Waals surface area contributed by atoms with Crippen LogP contribution in [-0.4, -0.2) is 43.5 Å². The van der Waals surface area contributed by atoms with Crippen LogP contribution in [0.3, 0.4) is 0 Å². The number of ether oxygens (including phenoxy) is 3. The van der Waals surface area contributed by atoms with Gasteiger partial charge in [-0.3, -0.25) is 4.90 Å². The lowest BCUT2D eigenvalue weighted by molar-refractivity contribution is -0.0733. The molecule has 0 saturated heterocycles. The Morgan fingerprint density at radius 2 is 2.04 bits per heavy atom. The molecule has 1 aliphatic heterocycles. The number of aliphatic hydroxyl groups is 1. The largest absolute Gasteiger partial charge is 0.493 e. The summed E-state index contributed by atoms with van der Waals surface area (Å²) in [5.74, 6) is 1.17. The maximum absolute atomic E-state index is 12.6. The Bertz CT molecular complexity index is 894. The average molecular weight is 355 g/mol. The summed E-state index contributed by atoms with van der Waals surface area (Å²) >= 11 is 0. The van der Waals surface area contributed by atoms with Crippen molar-refractivity contribution in [1.82, 2.24) is 4.90 Å². The molecule has 1 amide bonds. The number of hydrogen-bond donors (Lipinski definition) is 1. The zero-order valence-corrected chi connectivity index (χ0v) is 15.0. The number of amides is 1. The van der Waals surface area contributed by atoms with E-state index < -0.39 is 11.8 Å². The van der Waals surface area contributed by atoms with Crippen LogP contribution >= 0.6 is 0 Å². The smallest absolute Gasteiger partial charge is 0.412 e. The van der Waals surface area contributed by atoms with Gasteiger partial charge >= 0.3 is 6.09 Å². The van der Waals surface area contributed by atoms with Crippen molar-refractivity contribution in [3.63, 3.8) is 0 Å². The van der Waals surface area contributed by atoms with Crippen LogP contribution in [0, 0.1) is 0 Å². The highest BCUT2D eigenvalue weighted by Gasteiger charge is 2.53. The van der Waals surface area contributed by atoms with Gasteiger partial charge in [-0.15, -0.1) is 0 Å². The molecule has 4 rings (SSSR count). The quantitative estimate of drug-likeness (QED) is 0.917. The van der Waals surface area contributed by atoms with Crippen molar-refractivity contribution in [1.29, 1.82) is 0 Å². The van der Waals surface area contributed by atoms with Crippen molar-refractivity contribution in [2.24, 2.45) is 0 Å². The molecular weight excluding hydrogens is 334 g/mol. The molecule has 2 aliphatic rings. The van der Waals surface area contributed by atoms with Gasteiger partial charge in [0.25, 0.3) is 0 Å². The standard InChI is InChI=1S/C20H21NO5/c1-4-26-19(22)21-10-9-12-11-15(24-2)18(25-3)16-13-7-5-6-8-14(13)20(21,23)17(12)16/h5-8,11,23H,4,9-10H2,1-3H3. The first-order valence-electron chi connectivity index (χ1n) is 8.62. The Labute approximate surface area is 151 Å². The third-order valence-corrected chi connectivity index (χ3v) is 5.16. The Hall–Kier alpha value is -2.73. The molecule has 2 aromatic rings. The third-order valence-electron chi connectivity index (χ3n) is 5.16. The Balaban J connectivity index is 2.05. The number of nitrogens with zero attached hydrogens (tertiary/aromatic N) is 1. The second-order valence-electron chi connectivity index (χ2n) is 6.34. The summed E-state index contributed by atoms with van der Waals surface area (Å²) in [5, 5.41) is 11.8. The second kappa shape index (κ2) is 5.92. The fourth-order valence-corrected chi connectivity index (χ4v) is 4.14. The van der Waals surface area contributed by atoms with Gasteiger partial charge in [0.05, 0.1) is 20.8 Å². The average Bonchev–Trinajstić information content (AvgIpc) is 2.93. The molecule has 0 bridgehead atoms. The first-order chi connectivity index (χ1) is 12.6. The fourth-order valence-electron chi connectivity index (χ4n) is 4.14. The molecule has 1 atom stereocenters. The Morgan fingerprint density at radius 3 is 2.73 bits per heavy atom. The summed E-state index contributed by atoms with van der Waals surface area (Å²) in [6.07, 6.45) is 0.0655. The highest BCUT2D eigenvalue weighted by molar-refractivity contribution is 5.89.